The van der Waals surface area contributed by atoms with E-state index in [4.69, 9.17) is 4.74 Å². The Hall–Kier alpha value is -1.22. The van der Waals surface area contributed by atoms with Crippen LogP contribution in [0.5, 0.6) is 5.75 Å². The van der Waals surface area contributed by atoms with Gasteiger partial charge in [0, 0.05) is 18.5 Å². The second kappa shape index (κ2) is 3.39. The van der Waals surface area contributed by atoms with E-state index < -0.39 is 0 Å². The van der Waals surface area contributed by atoms with Crippen LogP contribution in [-0.2, 0) is 5.41 Å². The summed E-state index contributed by atoms with van der Waals surface area (Å²) in [6.45, 7) is 3.39. The van der Waals surface area contributed by atoms with Gasteiger partial charge in [0.1, 0.15) is 5.75 Å². The van der Waals surface area contributed by atoms with Crippen molar-refractivity contribution in [1.29, 1.82) is 0 Å². The lowest BCUT2D eigenvalue weighted by molar-refractivity contribution is 0.381. The molecule has 1 N–H and O–H groups in total. The van der Waals surface area contributed by atoms with E-state index in [0.717, 1.165) is 18.8 Å². The topological polar surface area (TPSA) is 24.5 Å². The third-order valence-electron chi connectivity index (χ3n) is 3.97. The maximum absolute atomic E-state index is 5.41. The minimum atomic E-state index is 0.318. The van der Waals surface area contributed by atoms with E-state index in [1.165, 1.54) is 24.2 Å². The highest BCUT2D eigenvalue weighted by atomic mass is 16.5. The fraction of sp³-hybridized carbons (Fsp3) is 0.538. The van der Waals surface area contributed by atoms with Gasteiger partial charge in [0.2, 0.25) is 0 Å². The third kappa shape index (κ3) is 1.24. The molecule has 0 radical (unpaired) electrons. The van der Waals surface area contributed by atoms with E-state index in [1.807, 2.05) is 6.07 Å². The maximum Gasteiger partial charge on any atom is 0.142 e. The van der Waals surface area contributed by atoms with Gasteiger partial charge in [0.15, 0.2) is 0 Å². The van der Waals surface area contributed by atoms with E-state index in [0.29, 0.717) is 5.41 Å². The van der Waals surface area contributed by atoms with Crippen LogP contribution in [0.2, 0.25) is 0 Å². The van der Waals surface area contributed by atoms with Gasteiger partial charge >= 0.3 is 0 Å². The summed E-state index contributed by atoms with van der Waals surface area (Å²) in [6, 6.07) is 6.38. The summed E-state index contributed by atoms with van der Waals surface area (Å²) >= 11 is 0. The second-order valence-corrected chi connectivity index (χ2v) is 5.00. The lowest BCUT2D eigenvalue weighted by atomic mass is 9.81. The first-order chi connectivity index (χ1) is 7.75. The number of fused-ring (bicyclic) bond motifs is 2. The molecule has 3 nitrogen and oxygen atoms in total. The van der Waals surface area contributed by atoms with Gasteiger partial charge in [-0.25, -0.2) is 0 Å². The van der Waals surface area contributed by atoms with Crippen molar-refractivity contribution >= 4 is 5.69 Å². The summed E-state index contributed by atoms with van der Waals surface area (Å²) in [5.74, 6) is 0.976. The first-order valence-electron chi connectivity index (χ1n) is 5.85. The number of nitrogens with zero attached hydrogens (tertiary/aromatic N) is 1. The predicted molar refractivity (Wildman–Crippen MR) is 65.3 cm³/mol. The summed E-state index contributed by atoms with van der Waals surface area (Å²) in [6.07, 6.45) is 1.25. The zero-order valence-electron chi connectivity index (χ0n) is 9.92. The second-order valence-electron chi connectivity index (χ2n) is 5.00. The quantitative estimate of drug-likeness (QED) is 0.776. The Morgan fingerprint density at radius 3 is 3.00 bits per heavy atom. The molecule has 0 bridgehead atoms. The van der Waals surface area contributed by atoms with Crippen molar-refractivity contribution in [1.82, 2.24) is 4.90 Å². The van der Waals surface area contributed by atoms with Crippen LogP contribution >= 0.6 is 0 Å². The fourth-order valence-electron chi connectivity index (χ4n) is 3.12. The van der Waals surface area contributed by atoms with Crippen molar-refractivity contribution < 1.29 is 4.74 Å². The number of hydrogen-bond acceptors (Lipinski definition) is 3. The van der Waals surface area contributed by atoms with Gasteiger partial charge in [-0.1, -0.05) is 12.1 Å². The van der Waals surface area contributed by atoms with Crippen molar-refractivity contribution in [2.45, 2.75) is 11.8 Å². The molecule has 2 aliphatic rings. The molecule has 86 valence electrons. The maximum atomic E-state index is 5.41. The van der Waals surface area contributed by atoms with Crippen LogP contribution in [-0.4, -0.2) is 38.7 Å². The van der Waals surface area contributed by atoms with Gasteiger partial charge in [-0.05, 0) is 31.6 Å². The number of likely N-dealkylation sites (N-methyl/N-ethyl adjacent to an activating group) is 1. The van der Waals surface area contributed by atoms with Gasteiger partial charge in [-0.15, -0.1) is 0 Å². The Kier molecular flexibility index (Phi) is 2.11. The number of anilines is 1. The van der Waals surface area contributed by atoms with E-state index in [9.17, 15) is 0 Å². The smallest absolute Gasteiger partial charge is 0.142 e. The van der Waals surface area contributed by atoms with Crippen LogP contribution in [0.25, 0.3) is 0 Å². The van der Waals surface area contributed by atoms with E-state index >= 15 is 0 Å². The van der Waals surface area contributed by atoms with Crippen molar-refractivity contribution in [2.24, 2.45) is 0 Å². The summed E-state index contributed by atoms with van der Waals surface area (Å²) in [4.78, 5) is 2.41. The number of ether oxygens (including phenoxy) is 1. The molecule has 1 atom stereocenters. The number of benzene rings is 1. The van der Waals surface area contributed by atoms with E-state index in [-0.39, 0.29) is 0 Å². The SMILES string of the molecule is COc1cccc2c1NCC21CCN(C)C1. The fourth-order valence-corrected chi connectivity index (χ4v) is 3.12. The standard InChI is InChI=1S/C13H18N2O/c1-15-7-6-13(9-15)8-14-12-10(13)4-3-5-11(12)16-2/h3-5,14H,6-9H2,1-2H3. The molecule has 3 heteroatoms. The number of nitrogens with one attached hydrogen (secondary N) is 1. The van der Waals surface area contributed by atoms with Crippen molar-refractivity contribution in [3.63, 3.8) is 0 Å². The minimum absolute atomic E-state index is 0.318. The molecule has 2 heterocycles. The highest BCUT2D eigenvalue weighted by molar-refractivity contribution is 5.69. The van der Waals surface area contributed by atoms with Gasteiger partial charge in [0.25, 0.3) is 0 Å². The Balaban J connectivity index is 2.06. The molecule has 1 unspecified atom stereocenters. The van der Waals surface area contributed by atoms with Crippen molar-refractivity contribution in [3.8, 4) is 5.75 Å². The highest BCUT2D eigenvalue weighted by Gasteiger charge is 2.44. The van der Waals surface area contributed by atoms with Gasteiger partial charge < -0.3 is 15.0 Å². The molecule has 16 heavy (non-hydrogen) atoms. The summed E-state index contributed by atoms with van der Waals surface area (Å²) in [5, 5.41) is 3.52. The van der Waals surface area contributed by atoms with Gasteiger partial charge in [-0.3, -0.25) is 0 Å². The normalized spacial score (nSPS) is 28.1. The van der Waals surface area contributed by atoms with Crippen LogP contribution in [0, 0.1) is 0 Å². The van der Waals surface area contributed by atoms with Crippen LogP contribution in [0.1, 0.15) is 12.0 Å². The summed E-state index contributed by atoms with van der Waals surface area (Å²) in [7, 11) is 3.94. The molecule has 1 aromatic carbocycles. The average molecular weight is 218 g/mol. The van der Waals surface area contributed by atoms with Crippen molar-refractivity contribution in [3.05, 3.63) is 23.8 Å². The average Bonchev–Trinajstić information content (AvgIpc) is 2.85. The largest absolute Gasteiger partial charge is 0.495 e. The molecule has 1 fully saturated rings. The molecule has 1 aromatic rings. The lowest BCUT2D eigenvalue weighted by Crippen LogP contribution is -2.31. The molecule has 2 aliphatic heterocycles. The Labute approximate surface area is 96.4 Å². The molecule has 0 amide bonds. The summed E-state index contributed by atoms with van der Waals surface area (Å²) in [5.41, 5.74) is 2.97. The molecular weight excluding hydrogens is 200 g/mol. The number of hydrogen-bond donors (Lipinski definition) is 1. The van der Waals surface area contributed by atoms with E-state index in [1.54, 1.807) is 7.11 Å². The van der Waals surface area contributed by atoms with Crippen LogP contribution in [0.15, 0.2) is 18.2 Å². The first kappa shape index (κ1) is 9.97. The lowest BCUT2D eigenvalue weighted by Gasteiger charge is -2.23. The molecule has 0 aliphatic carbocycles. The Morgan fingerprint density at radius 1 is 1.44 bits per heavy atom. The highest BCUT2D eigenvalue weighted by Crippen LogP contribution is 2.46. The first-order valence-corrected chi connectivity index (χ1v) is 5.85. The number of para-hydroxylation sites is 1. The zero-order chi connectivity index (χ0) is 11.2. The minimum Gasteiger partial charge on any atom is -0.495 e. The van der Waals surface area contributed by atoms with Gasteiger partial charge in [-0.2, -0.15) is 0 Å². The molecule has 1 spiro atoms. The van der Waals surface area contributed by atoms with Crippen molar-refractivity contribution in [2.75, 3.05) is 39.1 Å². The molecule has 3 rings (SSSR count). The van der Waals surface area contributed by atoms with Gasteiger partial charge in [0.05, 0.1) is 12.8 Å². The predicted octanol–water partition coefficient (Wildman–Crippen LogP) is 1.69. The molecule has 1 saturated heterocycles. The summed E-state index contributed by atoms with van der Waals surface area (Å²) < 4.78 is 5.41. The Bertz CT molecular complexity index is 418. The molecule has 0 saturated carbocycles. The molecule has 0 aromatic heterocycles. The van der Waals surface area contributed by atoms with Crippen LogP contribution < -0.4 is 10.1 Å². The third-order valence-corrected chi connectivity index (χ3v) is 3.97. The number of methoxy groups -OCH3 is 1. The van der Waals surface area contributed by atoms with E-state index in [2.05, 4.69) is 29.4 Å². The zero-order valence-corrected chi connectivity index (χ0v) is 9.92. The molecular formula is C13H18N2O. The number of rotatable bonds is 1. The van der Waals surface area contributed by atoms with Crippen LogP contribution in [0.4, 0.5) is 5.69 Å². The number of likely N-dealkylation sites (tertiary alicyclic amines) is 1. The monoisotopic (exact) mass is 218 g/mol. The Morgan fingerprint density at radius 2 is 2.31 bits per heavy atom. The van der Waals surface area contributed by atoms with Crippen LogP contribution in [0.3, 0.4) is 0 Å².